The first-order valence-electron chi connectivity index (χ1n) is 11.4. The first-order chi connectivity index (χ1) is 16.7. The van der Waals surface area contributed by atoms with Crippen LogP contribution in [0.2, 0.25) is 0 Å². The molecular formula is C26H28N2O5S2. The van der Waals surface area contributed by atoms with E-state index in [9.17, 15) is 18.0 Å². The quantitative estimate of drug-likeness (QED) is 0.432. The molecule has 0 saturated heterocycles. The van der Waals surface area contributed by atoms with E-state index in [1.54, 1.807) is 31.2 Å². The molecule has 0 bridgehead atoms. The molecule has 1 amide bonds. The Morgan fingerprint density at radius 2 is 1.80 bits per heavy atom. The minimum absolute atomic E-state index is 0.195. The van der Waals surface area contributed by atoms with Gasteiger partial charge in [0.15, 0.2) is 0 Å². The fraction of sp³-hybridized carbons (Fsp3) is 0.308. The van der Waals surface area contributed by atoms with Crippen LogP contribution in [0.5, 0.6) is 0 Å². The smallest absolute Gasteiger partial charge is 0.341 e. The van der Waals surface area contributed by atoms with Crippen molar-refractivity contribution in [2.75, 3.05) is 22.5 Å². The van der Waals surface area contributed by atoms with Crippen LogP contribution < -0.4 is 9.62 Å². The van der Waals surface area contributed by atoms with Gasteiger partial charge >= 0.3 is 5.97 Å². The molecule has 0 fully saturated rings. The van der Waals surface area contributed by atoms with Gasteiger partial charge in [0.1, 0.15) is 5.00 Å². The van der Waals surface area contributed by atoms with Gasteiger partial charge in [-0.3, -0.25) is 9.10 Å². The van der Waals surface area contributed by atoms with E-state index in [1.807, 2.05) is 31.2 Å². The van der Waals surface area contributed by atoms with Crippen molar-refractivity contribution < 1.29 is 22.7 Å². The highest BCUT2D eigenvalue weighted by Gasteiger charge is 2.28. The zero-order valence-electron chi connectivity index (χ0n) is 20.0. The number of fused-ring (bicyclic) bond motifs is 1. The molecule has 0 radical (unpaired) electrons. The van der Waals surface area contributed by atoms with Gasteiger partial charge in [0.2, 0.25) is 10.0 Å². The highest BCUT2D eigenvalue weighted by atomic mass is 32.2. The van der Waals surface area contributed by atoms with Gasteiger partial charge in [-0.2, -0.15) is 0 Å². The van der Waals surface area contributed by atoms with Crippen LogP contribution in [0.1, 0.15) is 55.6 Å². The lowest BCUT2D eigenvalue weighted by atomic mass is 10.1. The van der Waals surface area contributed by atoms with E-state index >= 15 is 0 Å². The first kappa shape index (κ1) is 24.9. The second kappa shape index (κ2) is 10.2. The summed E-state index contributed by atoms with van der Waals surface area (Å²) in [5.41, 5.74) is 4.15. The Morgan fingerprint density at radius 3 is 2.46 bits per heavy atom. The monoisotopic (exact) mass is 512 g/mol. The van der Waals surface area contributed by atoms with Crippen molar-refractivity contribution in [1.29, 1.82) is 0 Å². The Hall–Kier alpha value is -3.17. The largest absolute Gasteiger partial charge is 0.462 e. The van der Waals surface area contributed by atoms with Crippen molar-refractivity contribution in [1.82, 2.24) is 0 Å². The Morgan fingerprint density at radius 1 is 1.09 bits per heavy atom. The number of ether oxygens (including phenoxy) is 1. The summed E-state index contributed by atoms with van der Waals surface area (Å²) >= 11 is 1.42. The van der Waals surface area contributed by atoms with Gasteiger partial charge in [0, 0.05) is 10.4 Å². The molecule has 0 atom stereocenters. The highest BCUT2D eigenvalue weighted by molar-refractivity contribution is 7.92. The number of nitrogens with zero attached hydrogens (tertiary/aromatic N) is 1. The fourth-order valence-corrected chi connectivity index (χ4v) is 6.36. The molecule has 1 heterocycles. The van der Waals surface area contributed by atoms with Crippen molar-refractivity contribution in [3.8, 4) is 0 Å². The standard InChI is InChI=1S/C26H28N2O5S2/c1-4-33-26(30)23-21-10-7-11-22(21)34-25(23)27-24(29)18-12-14-20(15-13-18)28(35(3,31)32)16-19-9-6-5-8-17(19)2/h5-6,8-9,12-15H,4,7,10-11,16H2,1-3H3,(H,27,29). The topological polar surface area (TPSA) is 92.8 Å². The predicted molar refractivity (Wildman–Crippen MR) is 139 cm³/mol. The summed E-state index contributed by atoms with van der Waals surface area (Å²) in [4.78, 5) is 26.7. The van der Waals surface area contributed by atoms with Crippen LogP contribution in [0.3, 0.4) is 0 Å². The summed E-state index contributed by atoms with van der Waals surface area (Å²) < 4.78 is 31.6. The third kappa shape index (κ3) is 5.41. The molecule has 184 valence electrons. The van der Waals surface area contributed by atoms with E-state index in [4.69, 9.17) is 4.74 Å². The number of nitrogens with one attached hydrogen (secondary N) is 1. The third-order valence-corrected chi connectivity index (χ3v) is 8.37. The van der Waals surface area contributed by atoms with E-state index in [-0.39, 0.29) is 19.1 Å². The summed E-state index contributed by atoms with van der Waals surface area (Å²) in [7, 11) is -3.55. The second-order valence-corrected chi connectivity index (χ2v) is 11.5. The molecule has 4 rings (SSSR count). The van der Waals surface area contributed by atoms with Crippen molar-refractivity contribution in [2.24, 2.45) is 0 Å². The van der Waals surface area contributed by atoms with Gasteiger partial charge in [-0.25, -0.2) is 13.2 Å². The molecule has 0 aliphatic heterocycles. The molecule has 1 aliphatic carbocycles. The van der Waals surface area contributed by atoms with Gasteiger partial charge in [0.25, 0.3) is 5.91 Å². The number of hydrogen-bond donors (Lipinski definition) is 1. The minimum atomic E-state index is -3.55. The Bertz CT molecular complexity index is 1360. The van der Waals surface area contributed by atoms with E-state index in [2.05, 4.69) is 5.32 Å². The normalized spacial score (nSPS) is 12.8. The number of benzene rings is 2. The highest BCUT2D eigenvalue weighted by Crippen LogP contribution is 2.39. The molecule has 1 aromatic heterocycles. The Labute approximate surface area is 209 Å². The molecule has 0 spiro atoms. The van der Waals surface area contributed by atoms with Crippen LogP contribution in [-0.2, 0) is 34.1 Å². The van der Waals surface area contributed by atoms with E-state index in [0.717, 1.165) is 40.8 Å². The summed E-state index contributed by atoms with van der Waals surface area (Å²) in [6.45, 7) is 4.15. The number of amides is 1. The zero-order valence-corrected chi connectivity index (χ0v) is 21.6. The number of esters is 1. The minimum Gasteiger partial charge on any atom is -0.462 e. The second-order valence-electron chi connectivity index (χ2n) is 8.48. The molecule has 2 aromatic carbocycles. The van der Waals surface area contributed by atoms with Crippen LogP contribution >= 0.6 is 11.3 Å². The molecule has 35 heavy (non-hydrogen) atoms. The summed E-state index contributed by atoms with van der Waals surface area (Å²) in [6, 6.07) is 14.0. The average Bonchev–Trinajstić information content (AvgIpc) is 3.39. The fourth-order valence-electron chi connectivity index (χ4n) is 4.21. The summed E-state index contributed by atoms with van der Waals surface area (Å²) in [6.07, 6.45) is 3.84. The van der Waals surface area contributed by atoms with Crippen molar-refractivity contribution >= 4 is 43.9 Å². The van der Waals surface area contributed by atoms with Crippen LogP contribution in [0.25, 0.3) is 0 Å². The van der Waals surface area contributed by atoms with Gasteiger partial charge in [-0.1, -0.05) is 24.3 Å². The average molecular weight is 513 g/mol. The molecule has 7 nitrogen and oxygen atoms in total. The van der Waals surface area contributed by atoms with E-state index < -0.39 is 16.0 Å². The van der Waals surface area contributed by atoms with Crippen molar-refractivity contribution in [2.45, 2.75) is 39.7 Å². The maximum absolute atomic E-state index is 13.0. The SMILES string of the molecule is CCOC(=O)c1c(NC(=O)c2ccc(N(Cc3ccccc3C)S(C)(=O)=O)cc2)sc2c1CCC2. The predicted octanol–water partition coefficient (Wildman–Crippen LogP) is 4.94. The van der Waals surface area contributed by atoms with Gasteiger partial charge in [-0.15, -0.1) is 11.3 Å². The Kier molecular flexibility index (Phi) is 7.28. The summed E-state index contributed by atoms with van der Waals surface area (Å²) in [5.74, 6) is -0.788. The number of hydrogen-bond acceptors (Lipinski definition) is 6. The maximum Gasteiger partial charge on any atom is 0.341 e. The van der Waals surface area contributed by atoms with Crippen LogP contribution in [0.15, 0.2) is 48.5 Å². The number of aryl methyl sites for hydroxylation is 2. The van der Waals surface area contributed by atoms with Crippen LogP contribution in [0, 0.1) is 6.92 Å². The molecule has 3 aromatic rings. The lowest BCUT2D eigenvalue weighted by Gasteiger charge is -2.23. The van der Waals surface area contributed by atoms with Crippen LogP contribution in [-0.4, -0.2) is 33.2 Å². The molecule has 0 saturated carbocycles. The molecule has 1 N–H and O–H groups in total. The number of anilines is 2. The lowest BCUT2D eigenvalue weighted by molar-refractivity contribution is 0.0527. The number of rotatable bonds is 8. The van der Waals surface area contributed by atoms with Crippen molar-refractivity contribution in [3.05, 3.63) is 81.2 Å². The van der Waals surface area contributed by atoms with E-state index in [1.165, 1.54) is 21.9 Å². The summed E-state index contributed by atoms with van der Waals surface area (Å²) in [5, 5.41) is 3.37. The van der Waals surface area contributed by atoms with Crippen LogP contribution in [0.4, 0.5) is 10.7 Å². The number of carbonyl (C=O) groups is 2. The number of sulfonamides is 1. The van der Waals surface area contributed by atoms with Gasteiger partial charge in [0.05, 0.1) is 30.7 Å². The third-order valence-electron chi connectivity index (χ3n) is 6.02. The number of thiophene rings is 1. The van der Waals surface area contributed by atoms with Gasteiger partial charge in [-0.05, 0) is 74.1 Å². The zero-order chi connectivity index (χ0) is 25.2. The lowest BCUT2D eigenvalue weighted by Crippen LogP contribution is -2.29. The Balaban J connectivity index is 1.56. The number of carbonyl (C=O) groups excluding carboxylic acids is 2. The van der Waals surface area contributed by atoms with Crippen molar-refractivity contribution in [3.63, 3.8) is 0 Å². The molecule has 1 aliphatic rings. The van der Waals surface area contributed by atoms with E-state index in [0.29, 0.717) is 21.8 Å². The molecule has 9 heteroatoms. The maximum atomic E-state index is 13.0. The molecule has 0 unspecified atom stereocenters. The van der Waals surface area contributed by atoms with Gasteiger partial charge < -0.3 is 10.1 Å². The molecular weight excluding hydrogens is 484 g/mol. The first-order valence-corrected chi connectivity index (χ1v) is 14.1.